The quantitative estimate of drug-likeness (QED) is 0.722. The van der Waals surface area contributed by atoms with E-state index in [0.717, 1.165) is 22.5 Å². The minimum absolute atomic E-state index is 0.122. The zero-order valence-corrected chi connectivity index (χ0v) is 14.4. The highest BCUT2D eigenvalue weighted by Crippen LogP contribution is 2.24. The Balaban J connectivity index is 1.75. The molecule has 0 saturated carbocycles. The molecule has 1 aromatic heterocycles. The van der Waals surface area contributed by atoms with Gasteiger partial charge in [-0.1, -0.05) is 37.3 Å². The fourth-order valence-corrected chi connectivity index (χ4v) is 2.75. The summed E-state index contributed by atoms with van der Waals surface area (Å²) in [6.45, 7) is 2.13. The van der Waals surface area contributed by atoms with E-state index in [2.05, 4.69) is 28.6 Å². The number of benzene rings is 2. The lowest BCUT2D eigenvalue weighted by Gasteiger charge is -2.13. The van der Waals surface area contributed by atoms with Gasteiger partial charge in [0, 0.05) is 30.9 Å². The highest BCUT2D eigenvalue weighted by molar-refractivity contribution is 6.05. The Bertz CT molecular complexity index is 845. The summed E-state index contributed by atoms with van der Waals surface area (Å²) in [4.78, 5) is 16.7. The highest BCUT2D eigenvalue weighted by atomic mass is 16.1. The molecule has 1 unspecified atom stereocenters. The third-order valence-electron chi connectivity index (χ3n) is 4.30. The van der Waals surface area contributed by atoms with Crippen LogP contribution in [0, 0.1) is 0 Å². The first-order valence-corrected chi connectivity index (χ1v) is 8.27. The number of aromatic nitrogens is 1. The number of nitrogens with zero attached hydrogens (tertiary/aromatic N) is 1. The summed E-state index contributed by atoms with van der Waals surface area (Å²) >= 11 is 0. The number of nitrogens with one attached hydrogen (secondary N) is 2. The first kappa shape index (κ1) is 16.7. The standard InChI is InChI=1S/C21H21N3O/c1-15(18-6-5-13-23-14-18)16-9-11-17(12-10-16)21(25)24-20-8-4-3-7-19(20)22-2/h3-15,22H,1-2H3,(H,24,25). The molecule has 0 aliphatic heterocycles. The Morgan fingerprint density at radius 3 is 2.28 bits per heavy atom. The molecule has 2 aromatic carbocycles. The summed E-state index contributed by atoms with van der Waals surface area (Å²) in [5.41, 5.74) is 4.59. The number of carbonyl (C=O) groups is 1. The number of para-hydroxylation sites is 2. The molecule has 0 bridgehead atoms. The first-order chi connectivity index (χ1) is 12.2. The Morgan fingerprint density at radius 1 is 0.920 bits per heavy atom. The fourth-order valence-electron chi connectivity index (χ4n) is 2.75. The number of carbonyl (C=O) groups excluding carboxylic acids is 1. The van der Waals surface area contributed by atoms with Crippen LogP contribution in [0.5, 0.6) is 0 Å². The molecule has 2 N–H and O–H groups in total. The van der Waals surface area contributed by atoms with E-state index in [0.29, 0.717) is 5.56 Å². The number of pyridine rings is 1. The molecule has 0 fully saturated rings. The van der Waals surface area contributed by atoms with Crippen LogP contribution in [-0.2, 0) is 0 Å². The lowest BCUT2D eigenvalue weighted by molar-refractivity contribution is 0.102. The summed E-state index contributed by atoms with van der Waals surface area (Å²) in [5.74, 6) is 0.110. The Kier molecular flexibility index (Phi) is 5.09. The van der Waals surface area contributed by atoms with E-state index in [1.54, 1.807) is 6.20 Å². The molecule has 1 atom stereocenters. The predicted molar refractivity (Wildman–Crippen MR) is 102 cm³/mol. The molecular weight excluding hydrogens is 310 g/mol. The number of anilines is 2. The zero-order valence-electron chi connectivity index (χ0n) is 14.4. The van der Waals surface area contributed by atoms with Gasteiger partial charge in [0.1, 0.15) is 0 Å². The number of hydrogen-bond acceptors (Lipinski definition) is 3. The van der Waals surface area contributed by atoms with Crippen LogP contribution in [0.3, 0.4) is 0 Å². The minimum atomic E-state index is -0.122. The molecule has 3 rings (SSSR count). The van der Waals surface area contributed by atoms with E-state index in [1.165, 1.54) is 0 Å². The van der Waals surface area contributed by atoms with Crippen molar-refractivity contribution in [1.82, 2.24) is 4.98 Å². The largest absolute Gasteiger partial charge is 0.386 e. The zero-order chi connectivity index (χ0) is 17.6. The van der Waals surface area contributed by atoms with Crippen molar-refractivity contribution in [2.75, 3.05) is 17.7 Å². The Labute approximate surface area is 147 Å². The lowest BCUT2D eigenvalue weighted by atomic mass is 9.94. The summed E-state index contributed by atoms with van der Waals surface area (Å²) < 4.78 is 0. The van der Waals surface area contributed by atoms with Crippen molar-refractivity contribution >= 4 is 17.3 Å². The van der Waals surface area contributed by atoms with E-state index in [1.807, 2.05) is 67.8 Å². The predicted octanol–water partition coefficient (Wildman–Crippen LogP) is 4.53. The van der Waals surface area contributed by atoms with Crippen molar-refractivity contribution in [3.05, 3.63) is 89.7 Å². The van der Waals surface area contributed by atoms with Crippen LogP contribution in [0.1, 0.15) is 34.3 Å². The Hall–Kier alpha value is -3.14. The summed E-state index contributed by atoms with van der Waals surface area (Å²) in [7, 11) is 1.83. The van der Waals surface area contributed by atoms with Crippen molar-refractivity contribution in [1.29, 1.82) is 0 Å². The van der Waals surface area contributed by atoms with Crippen molar-refractivity contribution in [3.8, 4) is 0 Å². The fraction of sp³-hybridized carbons (Fsp3) is 0.143. The molecular formula is C21H21N3O. The smallest absolute Gasteiger partial charge is 0.255 e. The second-order valence-corrected chi connectivity index (χ2v) is 5.88. The van der Waals surface area contributed by atoms with Crippen LogP contribution in [0.15, 0.2) is 73.1 Å². The molecule has 4 nitrogen and oxygen atoms in total. The van der Waals surface area contributed by atoms with Gasteiger partial charge in [-0.05, 0) is 41.5 Å². The van der Waals surface area contributed by atoms with Gasteiger partial charge in [0.05, 0.1) is 11.4 Å². The first-order valence-electron chi connectivity index (χ1n) is 8.27. The van der Waals surface area contributed by atoms with Crippen LogP contribution in [0.25, 0.3) is 0 Å². The molecule has 0 aliphatic rings. The van der Waals surface area contributed by atoms with Crippen LogP contribution >= 0.6 is 0 Å². The van der Waals surface area contributed by atoms with E-state index >= 15 is 0 Å². The monoisotopic (exact) mass is 331 g/mol. The maximum absolute atomic E-state index is 12.5. The third kappa shape index (κ3) is 3.86. The van der Waals surface area contributed by atoms with Gasteiger partial charge < -0.3 is 10.6 Å². The molecule has 0 spiro atoms. The molecule has 4 heteroatoms. The minimum Gasteiger partial charge on any atom is -0.386 e. The van der Waals surface area contributed by atoms with Crippen LogP contribution in [-0.4, -0.2) is 17.9 Å². The topological polar surface area (TPSA) is 54.0 Å². The van der Waals surface area contributed by atoms with Crippen molar-refractivity contribution in [2.45, 2.75) is 12.8 Å². The van der Waals surface area contributed by atoms with Gasteiger partial charge >= 0.3 is 0 Å². The van der Waals surface area contributed by atoms with Crippen LogP contribution in [0.4, 0.5) is 11.4 Å². The van der Waals surface area contributed by atoms with E-state index in [9.17, 15) is 4.79 Å². The molecule has 1 heterocycles. The summed E-state index contributed by atoms with van der Waals surface area (Å²) in [5, 5.41) is 6.02. The normalized spacial score (nSPS) is 11.6. The molecule has 0 saturated heterocycles. The molecule has 0 aliphatic carbocycles. The lowest BCUT2D eigenvalue weighted by Crippen LogP contribution is -2.13. The maximum Gasteiger partial charge on any atom is 0.255 e. The molecule has 0 radical (unpaired) electrons. The second kappa shape index (κ2) is 7.62. The second-order valence-electron chi connectivity index (χ2n) is 5.88. The summed E-state index contributed by atoms with van der Waals surface area (Å²) in [6, 6.07) is 19.3. The molecule has 126 valence electrons. The van der Waals surface area contributed by atoms with E-state index in [4.69, 9.17) is 0 Å². The molecule has 3 aromatic rings. The Morgan fingerprint density at radius 2 is 1.64 bits per heavy atom. The van der Waals surface area contributed by atoms with Gasteiger partial charge in [-0.15, -0.1) is 0 Å². The SMILES string of the molecule is CNc1ccccc1NC(=O)c1ccc(C(C)c2cccnc2)cc1. The van der Waals surface area contributed by atoms with Crippen LogP contribution in [0.2, 0.25) is 0 Å². The number of amides is 1. The molecule has 1 amide bonds. The van der Waals surface area contributed by atoms with Crippen molar-refractivity contribution in [3.63, 3.8) is 0 Å². The average molecular weight is 331 g/mol. The maximum atomic E-state index is 12.5. The summed E-state index contributed by atoms with van der Waals surface area (Å²) in [6.07, 6.45) is 3.65. The van der Waals surface area contributed by atoms with Gasteiger partial charge in [-0.3, -0.25) is 9.78 Å². The van der Waals surface area contributed by atoms with Crippen LogP contribution < -0.4 is 10.6 Å². The van der Waals surface area contributed by atoms with Gasteiger partial charge in [0.2, 0.25) is 0 Å². The van der Waals surface area contributed by atoms with Crippen molar-refractivity contribution < 1.29 is 4.79 Å². The number of rotatable bonds is 5. The van der Waals surface area contributed by atoms with Gasteiger partial charge in [0.15, 0.2) is 0 Å². The van der Waals surface area contributed by atoms with Gasteiger partial charge in [-0.2, -0.15) is 0 Å². The highest BCUT2D eigenvalue weighted by Gasteiger charge is 2.11. The van der Waals surface area contributed by atoms with Crippen molar-refractivity contribution in [2.24, 2.45) is 0 Å². The van der Waals surface area contributed by atoms with Gasteiger partial charge in [-0.25, -0.2) is 0 Å². The average Bonchev–Trinajstić information content (AvgIpc) is 2.68. The molecule has 25 heavy (non-hydrogen) atoms. The van der Waals surface area contributed by atoms with E-state index < -0.39 is 0 Å². The number of hydrogen-bond donors (Lipinski definition) is 2. The third-order valence-corrected chi connectivity index (χ3v) is 4.30. The van der Waals surface area contributed by atoms with E-state index in [-0.39, 0.29) is 11.8 Å². The van der Waals surface area contributed by atoms with Gasteiger partial charge in [0.25, 0.3) is 5.91 Å².